The van der Waals surface area contributed by atoms with Gasteiger partial charge in [0.05, 0.1) is 6.61 Å². The molecule has 2 aromatic rings. The average molecular weight is 338 g/mol. The molecular weight excluding hydrogens is 306 g/mol. The van der Waals surface area contributed by atoms with Crippen molar-refractivity contribution in [2.24, 2.45) is 11.7 Å². The predicted molar refractivity (Wildman–Crippen MR) is 105 cm³/mol. The van der Waals surface area contributed by atoms with E-state index < -0.39 is 0 Å². The molecule has 0 saturated heterocycles. The summed E-state index contributed by atoms with van der Waals surface area (Å²) in [6.45, 7) is 0.160. The van der Waals surface area contributed by atoms with Crippen molar-refractivity contribution in [1.82, 2.24) is 0 Å². The molecule has 2 aliphatic carbocycles. The van der Waals surface area contributed by atoms with Crippen molar-refractivity contribution in [3.63, 3.8) is 0 Å². The van der Waals surface area contributed by atoms with Gasteiger partial charge in [0.2, 0.25) is 0 Å². The molecule has 0 aromatic heterocycles. The second-order valence-corrected chi connectivity index (χ2v) is 7.79. The number of nitrogens with two attached hydrogens (primary N) is 1. The summed E-state index contributed by atoms with van der Waals surface area (Å²) in [5.74, 6) is 0.826. The van der Waals surface area contributed by atoms with Crippen LogP contribution >= 0.6 is 0 Å². The van der Waals surface area contributed by atoms with Gasteiger partial charge in [-0.2, -0.15) is 0 Å². The van der Waals surface area contributed by atoms with Gasteiger partial charge in [0.25, 0.3) is 0 Å². The Bertz CT molecular complexity index is 646. The molecule has 0 radical (unpaired) electrons. The zero-order chi connectivity index (χ0) is 17.5. The van der Waals surface area contributed by atoms with Gasteiger partial charge >= 0.3 is 0 Å². The fraction of sp³-hybridized carbons (Fsp3) is 0.478. The fourth-order valence-electron chi connectivity index (χ4n) is 4.13. The van der Waals surface area contributed by atoms with Crippen LogP contribution in [-0.4, -0.2) is 17.3 Å². The summed E-state index contributed by atoms with van der Waals surface area (Å²) in [7, 11) is 0. The zero-order valence-corrected chi connectivity index (χ0v) is 15.2. The molecule has 2 heteroatoms. The van der Waals surface area contributed by atoms with Crippen molar-refractivity contribution < 1.29 is 5.11 Å². The third-order valence-electron chi connectivity index (χ3n) is 5.73. The molecule has 2 aromatic carbocycles. The molecule has 25 heavy (non-hydrogen) atoms. The molecule has 1 atom stereocenters. The molecule has 0 bridgehead atoms. The summed E-state index contributed by atoms with van der Waals surface area (Å²) in [6, 6.07) is 19.8. The fourth-order valence-corrected chi connectivity index (χ4v) is 4.13. The maximum atomic E-state index is 8.70. The Labute approximate surface area is 152 Å². The molecule has 2 aliphatic rings. The molecule has 0 amide bonds. The summed E-state index contributed by atoms with van der Waals surface area (Å²) in [4.78, 5) is 0. The normalized spacial score (nSPS) is 21.1. The standard InChI is InChI=1S/C17H18.C6H13NO/c1-2-6-14(7-3-1)12-15-10-11-16-8-4-5-9-17(16)13-15;7-6(5-8)3-1-2-4-6/h1-9,15H,10-13H2;8H,1-5,7H2. The van der Waals surface area contributed by atoms with Gasteiger partial charge in [-0.3, -0.25) is 0 Å². The Hall–Kier alpha value is -1.64. The minimum absolute atomic E-state index is 0.160. The van der Waals surface area contributed by atoms with Gasteiger partial charge in [-0.15, -0.1) is 0 Å². The lowest BCUT2D eigenvalue weighted by atomic mass is 9.81. The highest BCUT2D eigenvalue weighted by Crippen LogP contribution is 2.28. The Morgan fingerprint density at radius 2 is 1.56 bits per heavy atom. The predicted octanol–water partition coefficient (Wildman–Crippen LogP) is 4.28. The van der Waals surface area contributed by atoms with Crippen molar-refractivity contribution in [2.45, 2.75) is 56.9 Å². The largest absolute Gasteiger partial charge is 0.394 e. The summed E-state index contributed by atoms with van der Waals surface area (Å²) in [5.41, 5.74) is 10.1. The second kappa shape index (κ2) is 8.64. The lowest BCUT2D eigenvalue weighted by Crippen LogP contribution is -2.40. The van der Waals surface area contributed by atoms with Crippen LogP contribution < -0.4 is 5.73 Å². The van der Waals surface area contributed by atoms with Crippen LogP contribution in [0.15, 0.2) is 54.6 Å². The van der Waals surface area contributed by atoms with Crippen LogP contribution in [0, 0.1) is 5.92 Å². The number of fused-ring (bicyclic) bond motifs is 1. The van der Waals surface area contributed by atoms with E-state index in [2.05, 4.69) is 54.6 Å². The Morgan fingerprint density at radius 1 is 0.920 bits per heavy atom. The molecule has 1 fully saturated rings. The minimum atomic E-state index is -0.208. The van der Waals surface area contributed by atoms with Crippen molar-refractivity contribution in [3.05, 3.63) is 71.3 Å². The monoisotopic (exact) mass is 337 g/mol. The molecule has 0 spiro atoms. The molecule has 0 aliphatic heterocycles. The molecule has 4 rings (SSSR count). The van der Waals surface area contributed by atoms with Crippen LogP contribution in [0.4, 0.5) is 0 Å². The van der Waals surface area contributed by atoms with E-state index in [1.807, 2.05) is 0 Å². The van der Waals surface area contributed by atoms with Crippen LogP contribution in [0.5, 0.6) is 0 Å². The van der Waals surface area contributed by atoms with E-state index in [9.17, 15) is 0 Å². The van der Waals surface area contributed by atoms with Gasteiger partial charge in [0.1, 0.15) is 0 Å². The summed E-state index contributed by atoms with van der Waals surface area (Å²) < 4.78 is 0. The van der Waals surface area contributed by atoms with E-state index in [1.165, 1.54) is 44.1 Å². The maximum Gasteiger partial charge on any atom is 0.0611 e. The first-order valence-electron chi connectivity index (χ1n) is 9.69. The Morgan fingerprint density at radius 3 is 2.20 bits per heavy atom. The smallest absolute Gasteiger partial charge is 0.0611 e. The average Bonchev–Trinajstić information content (AvgIpc) is 3.10. The third-order valence-corrected chi connectivity index (χ3v) is 5.73. The number of benzene rings is 2. The highest BCUT2D eigenvalue weighted by atomic mass is 16.3. The number of rotatable bonds is 3. The van der Waals surface area contributed by atoms with E-state index >= 15 is 0 Å². The first kappa shape index (κ1) is 18.2. The van der Waals surface area contributed by atoms with Crippen LogP contribution in [0.25, 0.3) is 0 Å². The lowest BCUT2D eigenvalue weighted by molar-refractivity contribution is 0.199. The molecule has 2 nitrogen and oxygen atoms in total. The summed E-state index contributed by atoms with van der Waals surface area (Å²) >= 11 is 0. The quantitative estimate of drug-likeness (QED) is 0.878. The minimum Gasteiger partial charge on any atom is -0.394 e. The van der Waals surface area contributed by atoms with Crippen LogP contribution in [-0.2, 0) is 19.3 Å². The van der Waals surface area contributed by atoms with Crippen molar-refractivity contribution in [2.75, 3.05) is 6.61 Å². The van der Waals surface area contributed by atoms with Crippen molar-refractivity contribution >= 4 is 0 Å². The SMILES string of the molecule is NC1(CO)CCCC1.c1ccc(CC2CCc3ccccc3C2)cc1. The van der Waals surface area contributed by atoms with E-state index in [-0.39, 0.29) is 12.1 Å². The van der Waals surface area contributed by atoms with Crippen LogP contribution in [0.3, 0.4) is 0 Å². The summed E-state index contributed by atoms with van der Waals surface area (Å²) in [6.07, 6.45) is 9.47. The third kappa shape index (κ3) is 5.17. The van der Waals surface area contributed by atoms with Gasteiger partial charge < -0.3 is 10.8 Å². The Kier molecular flexibility index (Phi) is 6.28. The zero-order valence-electron chi connectivity index (χ0n) is 15.2. The molecule has 134 valence electrons. The lowest BCUT2D eigenvalue weighted by Gasteiger charge is -2.24. The van der Waals surface area contributed by atoms with E-state index in [0.717, 1.165) is 18.8 Å². The molecule has 3 N–H and O–H groups in total. The molecule has 1 saturated carbocycles. The first-order valence-corrected chi connectivity index (χ1v) is 9.69. The van der Waals surface area contributed by atoms with Gasteiger partial charge in [0, 0.05) is 5.54 Å². The van der Waals surface area contributed by atoms with E-state index in [4.69, 9.17) is 10.8 Å². The number of hydrogen-bond acceptors (Lipinski definition) is 2. The topological polar surface area (TPSA) is 46.2 Å². The molecular formula is C23H31NO. The van der Waals surface area contributed by atoms with Gasteiger partial charge in [0.15, 0.2) is 0 Å². The molecule has 1 unspecified atom stereocenters. The number of aliphatic hydroxyl groups excluding tert-OH is 1. The molecule has 0 heterocycles. The first-order chi connectivity index (χ1) is 12.2. The van der Waals surface area contributed by atoms with Crippen LogP contribution in [0.1, 0.15) is 48.8 Å². The van der Waals surface area contributed by atoms with E-state index in [1.54, 1.807) is 11.1 Å². The van der Waals surface area contributed by atoms with E-state index in [0.29, 0.717) is 0 Å². The number of aliphatic hydroxyl groups is 1. The van der Waals surface area contributed by atoms with Gasteiger partial charge in [-0.05, 0) is 61.1 Å². The van der Waals surface area contributed by atoms with Crippen molar-refractivity contribution in [1.29, 1.82) is 0 Å². The van der Waals surface area contributed by atoms with Crippen molar-refractivity contribution in [3.8, 4) is 0 Å². The highest BCUT2D eigenvalue weighted by Gasteiger charge is 2.27. The summed E-state index contributed by atoms with van der Waals surface area (Å²) in [5, 5.41) is 8.70. The Balaban J connectivity index is 0.000000192. The highest BCUT2D eigenvalue weighted by molar-refractivity contribution is 5.30. The maximum absolute atomic E-state index is 8.70. The van der Waals surface area contributed by atoms with Gasteiger partial charge in [-0.1, -0.05) is 67.4 Å². The van der Waals surface area contributed by atoms with Gasteiger partial charge in [-0.25, -0.2) is 0 Å². The number of hydrogen-bond donors (Lipinski definition) is 2. The van der Waals surface area contributed by atoms with Crippen LogP contribution in [0.2, 0.25) is 0 Å². The number of aryl methyl sites for hydroxylation is 1. The second-order valence-electron chi connectivity index (χ2n) is 7.79.